The van der Waals surface area contributed by atoms with Gasteiger partial charge in [0.1, 0.15) is 5.75 Å². The first kappa shape index (κ1) is 12.5. The summed E-state index contributed by atoms with van der Waals surface area (Å²) in [5.74, 6) is 0.878. The number of aromatic nitrogens is 1. The van der Waals surface area contributed by atoms with Gasteiger partial charge in [-0.3, -0.25) is 4.98 Å². The highest BCUT2D eigenvalue weighted by Gasteiger charge is 2.00. The van der Waals surface area contributed by atoms with Crippen molar-refractivity contribution in [2.45, 2.75) is 6.54 Å². The molecule has 0 radical (unpaired) electrons. The molecule has 100 valence electrons. The minimum atomic E-state index is 0.776. The smallest absolute Gasteiger partial charge is 0.118 e. The van der Waals surface area contributed by atoms with Gasteiger partial charge in [0.05, 0.1) is 7.11 Å². The van der Waals surface area contributed by atoms with Gasteiger partial charge in [0.2, 0.25) is 0 Å². The number of hydrogen-bond acceptors (Lipinski definition) is 3. The second-order valence-corrected chi connectivity index (χ2v) is 4.60. The van der Waals surface area contributed by atoms with Crippen molar-refractivity contribution in [1.29, 1.82) is 0 Å². The third-order valence-corrected chi connectivity index (χ3v) is 3.33. The molecule has 0 aliphatic rings. The van der Waals surface area contributed by atoms with E-state index < -0.39 is 0 Å². The molecule has 0 fully saturated rings. The summed E-state index contributed by atoms with van der Waals surface area (Å²) < 4.78 is 5.16. The second-order valence-electron chi connectivity index (χ2n) is 4.60. The molecule has 0 aliphatic carbocycles. The quantitative estimate of drug-likeness (QED) is 0.777. The van der Waals surface area contributed by atoms with Gasteiger partial charge in [0.15, 0.2) is 0 Å². The Kier molecular flexibility index (Phi) is 3.50. The Labute approximate surface area is 118 Å². The van der Waals surface area contributed by atoms with Crippen LogP contribution in [0.5, 0.6) is 5.75 Å². The van der Waals surface area contributed by atoms with Gasteiger partial charge in [0.25, 0.3) is 0 Å². The fourth-order valence-electron chi connectivity index (χ4n) is 2.21. The Bertz CT molecular complexity index is 702. The highest BCUT2D eigenvalue weighted by atomic mass is 16.5. The zero-order valence-corrected chi connectivity index (χ0v) is 11.3. The van der Waals surface area contributed by atoms with E-state index in [-0.39, 0.29) is 0 Å². The molecule has 1 heterocycles. The highest BCUT2D eigenvalue weighted by Crippen LogP contribution is 2.22. The molecule has 0 saturated carbocycles. The van der Waals surface area contributed by atoms with E-state index in [1.54, 1.807) is 7.11 Å². The number of ether oxygens (including phenoxy) is 1. The minimum Gasteiger partial charge on any atom is -0.497 e. The van der Waals surface area contributed by atoms with Crippen LogP contribution in [-0.2, 0) is 6.54 Å². The van der Waals surface area contributed by atoms with E-state index in [9.17, 15) is 0 Å². The van der Waals surface area contributed by atoms with E-state index in [0.717, 1.165) is 23.4 Å². The monoisotopic (exact) mass is 264 g/mol. The normalized spacial score (nSPS) is 10.4. The molecule has 1 aromatic heterocycles. The molecule has 0 aliphatic heterocycles. The second kappa shape index (κ2) is 5.61. The lowest BCUT2D eigenvalue weighted by Crippen LogP contribution is -2.00. The van der Waals surface area contributed by atoms with E-state index in [1.165, 1.54) is 10.9 Å². The van der Waals surface area contributed by atoms with Gasteiger partial charge in [-0.25, -0.2) is 0 Å². The SMILES string of the molecule is COc1ccc(CNc2cccc3ccncc23)cc1. The molecule has 0 amide bonds. The Hall–Kier alpha value is -2.55. The zero-order chi connectivity index (χ0) is 13.8. The maximum atomic E-state index is 5.16. The largest absolute Gasteiger partial charge is 0.497 e. The summed E-state index contributed by atoms with van der Waals surface area (Å²) in [6.07, 6.45) is 3.71. The molecule has 0 spiro atoms. The van der Waals surface area contributed by atoms with E-state index in [4.69, 9.17) is 4.74 Å². The number of methoxy groups -OCH3 is 1. The van der Waals surface area contributed by atoms with Crippen LogP contribution in [0.25, 0.3) is 10.8 Å². The number of pyridine rings is 1. The number of hydrogen-bond donors (Lipinski definition) is 1. The van der Waals surface area contributed by atoms with Gasteiger partial charge in [-0.15, -0.1) is 0 Å². The van der Waals surface area contributed by atoms with Crippen molar-refractivity contribution in [3.05, 3.63) is 66.5 Å². The van der Waals surface area contributed by atoms with Gasteiger partial charge >= 0.3 is 0 Å². The molecular formula is C17H16N2O. The molecular weight excluding hydrogens is 248 g/mol. The van der Waals surface area contributed by atoms with Crippen LogP contribution in [-0.4, -0.2) is 12.1 Å². The summed E-state index contributed by atoms with van der Waals surface area (Å²) in [6.45, 7) is 0.776. The van der Waals surface area contributed by atoms with Gasteiger partial charge in [0, 0.05) is 30.0 Å². The summed E-state index contributed by atoms with van der Waals surface area (Å²) in [5.41, 5.74) is 2.32. The number of nitrogens with zero attached hydrogens (tertiary/aromatic N) is 1. The number of benzene rings is 2. The van der Waals surface area contributed by atoms with Gasteiger partial charge in [-0.1, -0.05) is 24.3 Å². The number of rotatable bonds is 4. The molecule has 0 unspecified atom stereocenters. The van der Waals surface area contributed by atoms with E-state index in [1.807, 2.05) is 30.6 Å². The van der Waals surface area contributed by atoms with Crippen LogP contribution in [0.3, 0.4) is 0 Å². The third kappa shape index (κ3) is 2.57. The Morgan fingerprint density at radius 2 is 1.90 bits per heavy atom. The zero-order valence-electron chi connectivity index (χ0n) is 11.3. The lowest BCUT2D eigenvalue weighted by molar-refractivity contribution is 0.414. The van der Waals surface area contributed by atoms with Crippen LogP contribution in [0.15, 0.2) is 60.9 Å². The first-order valence-electron chi connectivity index (χ1n) is 6.56. The summed E-state index contributed by atoms with van der Waals surface area (Å²) in [4.78, 5) is 4.19. The first-order valence-corrected chi connectivity index (χ1v) is 6.56. The molecule has 3 rings (SSSR count). The Morgan fingerprint density at radius 3 is 2.70 bits per heavy atom. The molecule has 1 N–H and O–H groups in total. The average Bonchev–Trinajstić information content (AvgIpc) is 2.53. The topological polar surface area (TPSA) is 34.1 Å². The molecule has 3 heteroatoms. The molecule has 0 atom stereocenters. The first-order chi connectivity index (χ1) is 9.86. The maximum absolute atomic E-state index is 5.16. The van der Waals surface area contributed by atoms with Crippen molar-refractivity contribution in [3.63, 3.8) is 0 Å². The molecule has 20 heavy (non-hydrogen) atoms. The maximum Gasteiger partial charge on any atom is 0.118 e. The van der Waals surface area contributed by atoms with Crippen LogP contribution in [0.4, 0.5) is 5.69 Å². The van der Waals surface area contributed by atoms with Crippen molar-refractivity contribution >= 4 is 16.5 Å². The molecule has 3 aromatic rings. The van der Waals surface area contributed by atoms with Crippen molar-refractivity contribution in [1.82, 2.24) is 4.98 Å². The summed E-state index contributed by atoms with van der Waals surface area (Å²) in [6, 6.07) is 16.3. The van der Waals surface area contributed by atoms with Crippen molar-refractivity contribution < 1.29 is 4.74 Å². The van der Waals surface area contributed by atoms with Crippen LogP contribution in [0.2, 0.25) is 0 Å². The van der Waals surface area contributed by atoms with Crippen molar-refractivity contribution in [2.75, 3.05) is 12.4 Å². The predicted molar refractivity (Wildman–Crippen MR) is 82.1 cm³/mol. The third-order valence-electron chi connectivity index (χ3n) is 3.33. The van der Waals surface area contributed by atoms with Crippen LogP contribution >= 0.6 is 0 Å². The van der Waals surface area contributed by atoms with Gasteiger partial charge < -0.3 is 10.1 Å². The fraction of sp³-hybridized carbons (Fsp3) is 0.118. The number of nitrogens with one attached hydrogen (secondary N) is 1. The van der Waals surface area contributed by atoms with E-state index in [0.29, 0.717) is 0 Å². The molecule has 0 saturated heterocycles. The summed E-state index contributed by atoms with van der Waals surface area (Å²) in [5, 5.41) is 5.80. The standard InChI is InChI=1S/C17H16N2O/c1-20-15-7-5-13(6-8-15)11-19-17-4-2-3-14-9-10-18-12-16(14)17/h2-10,12,19H,11H2,1H3. The lowest BCUT2D eigenvalue weighted by atomic mass is 10.1. The molecule has 2 aromatic carbocycles. The lowest BCUT2D eigenvalue weighted by Gasteiger charge is -2.10. The van der Waals surface area contributed by atoms with Crippen molar-refractivity contribution in [2.24, 2.45) is 0 Å². The van der Waals surface area contributed by atoms with Gasteiger partial charge in [-0.2, -0.15) is 0 Å². The van der Waals surface area contributed by atoms with Crippen LogP contribution < -0.4 is 10.1 Å². The number of fused-ring (bicyclic) bond motifs is 1. The predicted octanol–water partition coefficient (Wildman–Crippen LogP) is 3.86. The average molecular weight is 264 g/mol. The number of anilines is 1. The van der Waals surface area contributed by atoms with Gasteiger partial charge in [-0.05, 0) is 35.2 Å². The van der Waals surface area contributed by atoms with Crippen LogP contribution in [0, 0.1) is 0 Å². The fourth-order valence-corrected chi connectivity index (χ4v) is 2.21. The molecule has 0 bridgehead atoms. The van der Waals surface area contributed by atoms with Crippen LogP contribution in [0.1, 0.15) is 5.56 Å². The molecule has 3 nitrogen and oxygen atoms in total. The summed E-state index contributed by atoms with van der Waals surface area (Å²) in [7, 11) is 1.68. The van der Waals surface area contributed by atoms with E-state index >= 15 is 0 Å². The summed E-state index contributed by atoms with van der Waals surface area (Å²) >= 11 is 0. The minimum absolute atomic E-state index is 0.776. The highest BCUT2D eigenvalue weighted by molar-refractivity contribution is 5.93. The van der Waals surface area contributed by atoms with E-state index in [2.05, 4.69) is 40.6 Å². The Balaban J connectivity index is 1.79. The van der Waals surface area contributed by atoms with Crippen molar-refractivity contribution in [3.8, 4) is 5.75 Å². The Morgan fingerprint density at radius 1 is 1.05 bits per heavy atom.